The molecule has 0 aliphatic carbocycles. The lowest BCUT2D eigenvalue weighted by Crippen LogP contribution is -2.52. The first-order chi connectivity index (χ1) is 10.5. The minimum Gasteiger partial charge on any atom is -0.493 e. The zero-order valence-corrected chi connectivity index (χ0v) is 12.5. The fourth-order valence-corrected chi connectivity index (χ4v) is 2.25. The summed E-state index contributed by atoms with van der Waals surface area (Å²) in [5, 5.41) is 4.83. The summed E-state index contributed by atoms with van der Waals surface area (Å²) < 4.78 is 10.3. The quantitative estimate of drug-likeness (QED) is 0.756. The van der Waals surface area contributed by atoms with Crippen molar-refractivity contribution >= 4 is 17.7 Å². The maximum atomic E-state index is 12.0. The Hall–Kier alpha value is -2.57. The highest BCUT2D eigenvalue weighted by molar-refractivity contribution is 6.01. The van der Waals surface area contributed by atoms with Crippen molar-refractivity contribution in [2.24, 2.45) is 0 Å². The van der Waals surface area contributed by atoms with E-state index in [2.05, 4.69) is 10.6 Å². The topological polar surface area (TPSA) is 93.7 Å². The van der Waals surface area contributed by atoms with Gasteiger partial charge in [-0.2, -0.15) is 0 Å². The van der Waals surface area contributed by atoms with E-state index in [4.69, 9.17) is 9.47 Å². The molecule has 0 radical (unpaired) electrons. The molecule has 1 fully saturated rings. The number of methoxy groups -OCH3 is 2. The second kappa shape index (κ2) is 6.93. The third-order valence-electron chi connectivity index (χ3n) is 3.39. The standard InChI is InChI=1S/C15H18N2O5/c1-21-11-5-3-9(7-12(11)22-2)8-14(19)16-10-4-6-13(18)17-15(10)20/h3,5,7,10H,4,6,8H2,1-2H3,(H,16,19)(H,17,18,20). The van der Waals surface area contributed by atoms with Gasteiger partial charge >= 0.3 is 0 Å². The van der Waals surface area contributed by atoms with Crippen molar-refractivity contribution in [2.75, 3.05) is 14.2 Å². The summed E-state index contributed by atoms with van der Waals surface area (Å²) in [6.45, 7) is 0. The van der Waals surface area contributed by atoms with Crippen molar-refractivity contribution in [1.29, 1.82) is 0 Å². The molecule has 1 unspecified atom stereocenters. The van der Waals surface area contributed by atoms with Gasteiger partial charge in [0, 0.05) is 6.42 Å². The van der Waals surface area contributed by atoms with Crippen LogP contribution in [0.4, 0.5) is 0 Å². The van der Waals surface area contributed by atoms with Crippen molar-refractivity contribution in [3.63, 3.8) is 0 Å². The maximum absolute atomic E-state index is 12.0. The van der Waals surface area contributed by atoms with E-state index in [0.29, 0.717) is 17.9 Å². The number of hydrogen-bond acceptors (Lipinski definition) is 5. The normalized spacial score (nSPS) is 17.6. The molecule has 22 heavy (non-hydrogen) atoms. The van der Waals surface area contributed by atoms with E-state index in [-0.39, 0.29) is 24.7 Å². The molecule has 0 saturated carbocycles. The third-order valence-corrected chi connectivity index (χ3v) is 3.39. The van der Waals surface area contributed by atoms with E-state index < -0.39 is 11.9 Å². The van der Waals surface area contributed by atoms with Crippen molar-refractivity contribution in [3.05, 3.63) is 23.8 Å². The molecule has 0 aromatic heterocycles. The Morgan fingerprint density at radius 3 is 2.64 bits per heavy atom. The fourth-order valence-electron chi connectivity index (χ4n) is 2.25. The van der Waals surface area contributed by atoms with E-state index >= 15 is 0 Å². The van der Waals surface area contributed by atoms with Gasteiger partial charge in [-0.05, 0) is 24.1 Å². The molecule has 7 heteroatoms. The first kappa shape index (κ1) is 15.8. The van der Waals surface area contributed by atoms with Crippen LogP contribution < -0.4 is 20.1 Å². The molecule has 2 rings (SSSR count). The van der Waals surface area contributed by atoms with Gasteiger partial charge in [0.1, 0.15) is 6.04 Å². The Labute approximate surface area is 128 Å². The first-order valence-electron chi connectivity index (χ1n) is 6.87. The van der Waals surface area contributed by atoms with Gasteiger partial charge in [-0.3, -0.25) is 19.7 Å². The third kappa shape index (κ3) is 3.75. The predicted octanol–water partition coefficient (Wildman–Crippen LogP) is 0.168. The van der Waals surface area contributed by atoms with Crippen molar-refractivity contribution in [2.45, 2.75) is 25.3 Å². The first-order valence-corrected chi connectivity index (χ1v) is 6.87. The number of hydrogen-bond donors (Lipinski definition) is 2. The molecule has 1 heterocycles. The van der Waals surface area contributed by atoms with Crippen LogP contribution in [0.2, 0.25) is 0 Å². The molecule has 0 bridgehead atoms. The SMILES string of the molecule is COc1ccc(CC(=O)NC2CCC(=O)NC2=O)cc1OC. The molecule has 1 saturated heterocycles. The number of nitrogens with one attached hydrogen (secondary N) is 2. The average molecular weight is 306 g/mol. The summed E-state index contributed by atoms with van der Waals surface area (Å²) in [5.41, 5.74) is 0.738. The van der Waals surface area contributed by atoms with Crippen LogP contribution in [0.1, 0.15) is 18.4 Å². The van der Waals surface area contributed by atoms with Gasteiger partial charge in [0.05, 0.1) is 20.6 Å². The van der Waals surface area contributed by atoms with Crippen molar-refractivity contribution < 1.29 is 23.9 Å². The molecular formula is C15H18N2O5. The minimum atomic E-state index is -0.662. The summed E-state index contributed by atoms with van der Waals surface area (Å²) in [5.74, 6) is 0.0552. The molecule has 1 atom stereocenters. The van der Waals surface area contributed by atoms with Gasteiger partial charge in [0.25, 0.3) is 0 Å². The van der Waals surface area contributed by atoms with Crippen LogP contribution in [0.15, 0.2) is 18.2 Å². The Kier molecular flexibility index (Phi) is 4.98. The summed E-state index contributed by atoms with van der Waals surface area (Å²) >= 11 is 0. The lowest BCUT2D eigenvalue weighted by atomic mass is 10.1. The van der Waals surface area contributed by atoms with Crippen molar-refractivity contribution in [3.8, 4) is 11.5 Å². The zero-order chi connectivity index (χ0) is 16.1. The number of benzene rings is 1. The second-order valence-corrected chi connectivity index (χ2v) is 4.94. The summed E-state index contributed by atoms with van der Waals surface area (Å²) in [4.78, 5) is 34.7. The number of carbonyl (C=O) groups is 3. The molecule has 1 aliphatic rings. The highest BCUT2D eigenvalue weighted by atomic mass is 16.5. The molecule has 7 nitrogen and oxygen atoms in total. The Bertz CT molecular complexity index is 600. The summed E-state index contributed by atoms with van der Waals surface area (Å²) in [7, 11) is 3.05. The lowest BCUT2D eigenvalue weighted by molar-refractivity contribution is -0.137. The van der Waals surface area contributed by atoms with Crippen LogP contribution in [0.25, 0.3) is 0 Å². The number of piperidine rings is 1. The van der Waals surface area contributed by atoms with E-state index in [1.165, 1.54) is 14.2 Å². The molecule has 2 N–H and O–H groups in total. The fraction of sp³-hybridized carbons (Fsp3) is 0.400. The Balaban J connectivity index is 1.97. The van der Waals surface area contributed by atoms with Gasteiger partial charge in [0.15, 0.2) is 11.5 Å². The molecule has 1 aliphatic heterocycles. The largest absolute Gasteiger partial charge is 0.493 e. The predicted molar refractivity (Wildman–Crippen MR) is 77.6 cm³/mol. The maximum Gasteiger partial charge on any atom is 0.249 e. The average Bonchev–Trinajstić information content (AvgIpc) is 2.50. The highest BCUT2D eigenvalue weighted by Gasteiger charge is 2.27. The van der Waals surface area contributed by atoms with Gasteiger partial charge in [-0.1, -0.05) is 6.07 Å². The number of carbonyl (C=O) groups excluding carboxylic acids is 3. The number of imide groups is 1. The van der Waals surface area contributed by atoms with Crippen LogP contribution >= 0.6 is 0 Å². The van der Waals surface area contributed by atoms with E-state index in [0.717, 1.165) is 5.56 Å². The molecule has 118 valence electrons. The van der Waals surface area contributed by atoms with Crippen LogP contribution in [-0.4, -0.2) is 38.0 Å². The Morgan fingerprint density at radius 1 is 1.27 bits per heavy atom. The van der Waals surface area contributed by atoms with Gasteiger partial charge < -0.3 is 14.8 Å². The van der Waals surface area contributed by atoms with Gasteiger partial charge in [-0.25, -0.2) is 0 Å². The number of ether oxygens (including phenoxy) is 2. The van der Waals surface area contributed by atoms with Gasteiger partial charge in [0.2, 0.25) is 17.7 Å². The van der Waals surface area contributed by atoms with E-state index in [1.807, 2.05) is 0 Å². The number of amides is 3. The van der Waals surface area contributed by atoms with Crippen LogP contribution in [0.5, 0.6) is 11.5 Å². The number of rotatable bonds is 5. The highest BCUT2D eigenvalue weighted by Crippen LogP contribution is 2.27. The molecule has 1 aromatic rings. The molecule has 3 amide bonds. The second-order valence-electron chi connectivity index (χ2n) is 4.94. The van der Waals surface area contributed by atoms with Crippen molar-refractivity contribution in [1.82, 2.24) is 10.6 Å². The van der Waals surface area contributed by atoms with E-state index in [1.54, 1.807) is 18.2 Å². The zero-order valence-electron chi connectivity index (χ0n) is 12.5. The monoisotopic (exact) mass is 306 g/mol. The van der Waals surface area contributed by atoms with Crippen LogP contribution in [-0.2, 0) is 20.8 Å². The smallest absolute Gasteiger partial charge is 0.249 e. The summed E-state index contributed by atoms with van der Waals surface area (Å²) in [6, 6.07) is 4.52. The molecule has 1 aromatic carbocycles. The molecule has 0 spiro atoms. The lowest BCUT2D eigenvalue weighted by Gasteiger charge is -2.21. The minimum absolute atomic E-state index is 0.109. The summed E-state index contributed by atoms with van der Waals surface area (Å²) in [6.07, 6.45) is 0.660. The van der Waals surface area contributed by atoms with Crippen LogP contribution in [0.3, 0.4) is 0 Å². The van der Waals surface area contributed by atoms with Crippen LogP contribution in [0, 0.1) is 0 Å². The Morgan fingerprint density at radius 2 is 2.00 bits per heavy atom. The van der Waals surface area contributed by atoms with E-state index in [9.17, 15) is 14.4 Å². The molecular weight excluding hydrogens is 288 g/mol. The van der Waals surface area contributed by atoms with Gasteiger partial charge in [-0.15, -0.1) is 0 Å².